The Morgan fingerprint density at radius 2 is 1.81 bits per heavy atom. The predicted octanol–water partition coefficient (Wildman–Crippen LogP) is 4.74. The zero-order valence-corrected chi connectivity index (χ0v) is 15.8. The number of hydrogen-bond acceptors (Lipinski definition) is 4. The number of hydrogen-bond donors (Lipinski definition) is 1. The molecule has 0 aliphatic carbocycles. The third kappa shape index (κ3) is 4.52. The van der Waals surface area contributed by atoms with Crippen molar-refractivity contribution in [1.29, 1.82) is 0 Å². The third-order valence-electron chi connectivity index (χ3n) is 4.43. The van der Waals surface area contributed by atoms with Crippen molar-refractivity contribution in [2.24, 2.45) is 0 Å². The summed E-state index contributed by atoms with van der Waals surface area (Å²) in [5, 5.41) is 5.80. The van der Waals surface area contributed by atoms with Crippen molar-refractivity contribution in [3.8, 4) is 5.88 Å². The van der Waals surface area contributed by atoms with Gasteiger partial charge in [-0.2, -0.15) is 0 Å². The van der Waals surface area contributed by atoms with Crippen molar-refractivity contribution < 1.29 is 4.74 Å². The normalized spacial score (nSPS) is 12.3. The van der Waals surface area contributed by atoms with Crippen LogP contribution in [0.2, 0.25) is 0 Å². The molecule has 0 spiro atoms. The number of anilines is 1. The SMILES string of the molecule is CC(Nc1cccc2c(OCCCN(C)C)nccc12)c1ccccc1. The largest absolute Gasteiger partial charge is 0.477 e. The van der Waals surface area contributed by atoms with Crippen LogP contribution in [-0.2, 0) is 0 Å². The molecule has 0 aliphatic heterocycles. The van der Waals surface area contributed by atoms with Gasteiger partial charge < -0.3 is 15.0 Å². The van der Waals surface area contributed by atoms with E-state index in [2.05, 4.69) is 78.7 Å². The van der Waals surface area contributed by atoms with E-state index in [0.29, 0.717) is 12.5 Å². The molecule has 0 aliphatic rings. The summed E-state index contributed by atoms with van der Waals surface area (Å²) in [5.41, 5.74) is 2.36. The maximum absolute atomic E-state index is 5.95. The number of fused-ring (bicyclic) bond motifs is 1. The molecular weight excluding hydrogens is 322 g/mol. The van der Waals surface area contributed by atoms with Gasteiger partial charge in [0, 0.05) is 35.2 Å². The van der Waals surface area contributed by atoms with E-state index in [9.17, 15) is 0 Å². The Labute approximate surface area is 155 Å². The van der Waals surface area contributed by atoms with E-state index in [0.717, 1.165) is 29.4 Å². The second-order valence-electron chi connectivity index (χ2n) is 6.80. The minimum absolute atomic E-state index is 0.222. The maximum Gasteiger partial charge on any atom is 0.221 e. The van der Waals surface area contributed by atoms with Gasteiger partial charge in [0.1, 0.15) is 0 Å². The molecule has 4 heteroatoms. The van der Waals surface area contributed by atoms with E-state index in [1.54, 1.807) is 0 Å². The van der Waals surface area contributed by atoms with Crippen LogP contribution in [0.4, 0.5) is 5.69 Å². The fourth-order valence-electron chi connectivity index (χ4n) is 3.03. The molecule has 1 unspecified atom stereocenters. The third-order valence-corrected chi connectivity index (χ3v) is 4.43. The van der Waals surface area contributed by atoms with Gasteiger partial charge in [0.15, 0.2) is 0 Å². The van der Waals surface area contributed by atoms with Crippen LogP contribution in [0.5, 0.6) is 5.88 Å². The van der Waals surface area contributed by atoms with Crippen LogP contribution in [0.3, 0.4) is 0 Å². The minimum atomic E-state index is 0.222. The van der Waals surface area contributed by atoms with Gasteiger partial charge in [-0.15, -0.1) is 0 Å². The summed E-state index contributed by atoms with van der Waals surface area (Å²) in [6.07, 6.45) is 2.80. The second kappa shape index (κ2) is 8.68. The number of rotatable bonds is 8. The highest BCUT2D eigenvalue weighted by Gasteiger charge is 2.10. The number of ether oxygens (including phenoxy) is 1. The number of benzene rings is 2. The first kappa shape index (κ1) is 18.2. The Kier molecular flexibility index (Phi) is 6.08. The predicted molar refractivity (Wildman–Crippen MR) is 109 cm³/mol. The van der Waals surface area contributed by atoms with Crippen LogP contribution < -0.4 is 10.1 Å². The van der Waals surface area contributed by atoms with E-state index >= 15 is 0 Å². The van der Waals surface area contributed by atoms with Crippen molar-refractivity contribution in [2.75, 3.05) is 32.6 Å². The van der Waals surface area contributed by atoms with Gasteiger partial charge >= 0.3 is 0 Å². The van der Waals surface area contributed by atoms with Gasteiger partial charge in [-0.1, -0.05) is 36.4 Å². The monoisotopic (exact) mass is 349 g/mol. The smallest absolute Gasteiger partial charge is 0.221 e. The fraction of sp³-hybridized carbons (Fsp3) is 0.318. The van der Waals surface area contributed by atoms with Gasteiger partial charge in [-0.25, -0.2) is 4.98 Å². The van der Waals surface area contributed by atoms with Crippen LogP contribution in [0, 0.1) is 0 Å². The first-order valence-electron chi connectivity index (χ1n) is 9.12. The van der Waals surface area contributed by atoms with Crippen LogP contribution in [-0.4, -0.2) is 37.1 Å². The first-order valence-corrected chi connectivity index (χ1v) is 9.12. The summed E-state index contributed by atoms with van der Waals surface area (Å²) >= 11 is 0. The van der Waals surface area contributed by atoms with Crippen molar-refractivity contribution in [2.45, 2.75) is 19.4 Å². The van der Waals surface area contributed by atoms with Gasteiger partial charge in [-0.3, -0.25) is 0 Å². The summed E-state index contributed by atoms with van der Waals surface area (Å²) in [6.45, 7) is 3.85. The number of nitrogens with zero attached hydrogens (tertiary/aromatic N) is 2. The van der Waals surface area contributed by atoms with E-state index in [1.165, 1.54) is 5.56 Å². The zero-order valence-electron chi connectivity index (χ0n) is 15.8. The molecular formula is C22H27N3O. The molecule has 0 bridgehead atoms. The Bertz CT molecular complexity index is 833. The number of pyridine rings is 1. The highest BCUT2D eigenvalue weighted by atomic mass is 16.5. The molecule has 4 nitrogen and oxygen atoms in total. The maximum atomic E-state index is 5.95. The first-order chi connectivity index (χ1) is 12.6. The van der Waals surface area contributed by atoms with E-state index < -0.39 is 0 Å². The average molecular weight is 349 g/mol. The molecule has 3 rings (SSSR count). The van der Waals surface area contributed by atoms with Crippen molar-refractivity contribution >= 4 is 16.5 Å². The lowest BCUT2D eigenvalue weighted by Crippen LogP contribution is -2.15. The van der Waals surface area contributed by atoms with Crippen LogP contribution in [0.1, 0.15) is 24.9 Å². The Morgan fingerprint density at radius 3 is 2.58 bits per heavy atom. The average Bonchev–Trinajstić information content (AvgIpc) is 2.66. The molecule has 1 atom stereocenters. The number of nitrogens with one attached hydrogen (secondary N) is 1. The van der Waals surface area contributed by atoms with Gasteiger partial charge in [0.25, 0.3) is 0 Å². The summed E-state index contributed by atoms with van der Waals surface area (Å²) in [6, 6.07) is 19.0. The van der Waals surface area contributed by atoms with Crippen molar-refractivity contribution in [1.82, 2.24) is 9.88 Å². The quantitative estimate of drug-likeness (QED) is 0.596. The summed E-state index contributed by atoms with van der Waals surface area (Å²) < 4.78 is 5.95. The highest BCUT2D eigenvalue weighted by molar-refractivity contribution is 5.96. The van der Waals surface area contributed by atoms with Crippen molar-refractivity contribution in [3.05, 3.63) is 66.4 Å². The molecule has 1 aromatic heterocycles. The van der Waals surface area contributed by atoms with Gasteiger partial charge in [0.05, 0.1) is 6.61 Å². The summed E-state index contributed by atoms with van der Waals surface area (Å²) in [4.78, 5) is 6.60. The molecule has 3 aromatic rings. The standard InChI is InChI=1S/C22H27N3O/c1-17(18-9-5-4-6-10-18)24-21-12-7-11-20-19(21)13-14-23-22(20)26-16-8-15-25(2)3/h4-7,9-14,17,24H,8,15-16H2,1-3H3. The molecule has 0 amide bonds. The fourth-order valence-corrected chi connectivity index (χ4v) is 3.03. The molecule has 0 fully saturated rings. The Balaban J connectivity index is 1.78. The Morgan fingerprint density at radius 1 is 1.00 bits per heavy atom. The second-order valence-corrected chi connectivity index (χ2v) is 6.80. The van der Waals surface area contributed by atoms with E-state index in [4.69, 9.17) is 4.74 Å². The molecule has 1 N–H and O–H groups in total. The van der Waals surface area contributed by atoms with E-state index in [-0.39, 0.29) is 6.04 Å². The number of aromatic nitrogens is 1. The lowest BCUT2D eigenvalue weighted by molar-refractivity contribution is 0.276. The topological polar surface area (TPSA) is 37.4 Å². The molecule has 2 aromatic carbocycles. The van der Waals surface area contributed by atoms with Gasteiger partial charge in [0.2, 0.25) is 5.88 Å². The Hall–Kier alpha value is -2.59. The molecule has 0 saturated heterocycles. The minimum Gasteiger partial charge on any atom is -0.477 e. The molecule has 1 heterocycles. The highest BCUT2D eigenvalue weighted by Crippen LogP contribution is 2.31. The van der Waals surface area contributed by atoms with Crippen molar-refractivity contribution in [3.63, 3.8) is 0 Å². The zero-order chi connectivity index (χ0) is 18.4. The molecule has 0 radical (unpaired) electrons. The van der Waals surface area contributed by atoms with Crippen LogP contribution in [0.15, 0.2) is 60.8 Å². The molecule has 26 heavy (non-hydrogen) atoms. The molecule has 136 valence electrons. The lowest BCUT2D eigenvalue weighted by atomic mass is 10.1. The van der Waals surface area contributed by atoms with E-state index in [1.807, 2.05) is 18.3 Å². The lowest BCUT2D eigenvalue weighted by Gasteiger charge is -2.18. The van der Waals surface area contributed by atoms with Crippen LogP contribution >= 0.6 is 0 Å². The van der Waals surface area contributed by atoms with Gasteiger partial charge in [-0.05, 0) is 51.2 Å². The molecule has 0 saturated carbocycles. The summed E-state index contributed by atoms with van der Waals surface area (Å²) in [7, 11) is 4.14. The summed E-state index contributed by atoms with van der Waals surface area (Å²) in [5.74, 6) is 0.706. The van der Waals surface area contributed by atoms with Crippen LogP contribution in [0.25, 0.3) is 10.8 Å².